The summed E-state index contributed by atoms with van der Waals surface area (Å²) in [6.07, 6.45) is 3.59. The first kappa shape index (κ1) is 22.1. The fraction of sp³-hybridized carbons (Fsp3) is 0.391. The number of fused-ring (bicyclic) bond motifs is 2. The standard InChI is InChI=1S/C23H27BO6S/c1-2-15(11-16-8-9-20(26)19-6-4-3-5-18(16)19)7-10-21-23-17(13-25)14-31(28,29)22(23)12-24(27)30-21/h3-6,8-9,11,21-22,25-27H,2,7,10,12-14H2,1H3/b15-11+/t21-,22+/m1/s1. The Bertz CT molecular complexity index is 1150. The summed E-state index contributed by atoms with van der Waals surface area (Å²) < 4.78 is 30.7. The molecule has 164 valence electrons. The molecule has 0 unspecified atom stereocenters. The molecule has 0 spiro atoms. The largest absolute Gasteiger partial charge is 0.507 e. The van der Waals surface area contributed by atoms with Crippen LogP contribution in [-0.4, -0.2) is 54.5 Å². The number of allylic oxidation sites excluding steroid dienone is 1. The van der Waals surface area contributed by atoms with Gasteiger partial charge < -0.3 is 19.9 Å². The highest BCUT2D eigenvalue weighted by molar-refractivity contribution is 7.92. The minimum absolute atomic E-state index is 0.0215. The maximum Gasteiger partial charge on any atom is 0.456 e. The quantitative estimate of drug-likeness (QED) is 0.469. The van der Waals surface area contributed by atoms with Crippen molar-refractivity contribution in [3.8, 4) is 5.75 Å². The second-order valence-corrected chi connectivity index (χ2v) is 10.4. The number of aliphatic hydroxyl groups is 1. The molecule has 4 rings (SSSR count). The Morgan fingerprint density at radius 1 is 1.23 bits per heavy atom. The highest BCUT2D eigenvalue weighted by Crippen LogP contribution is 2.39. The molecule has 31 heavy (non-hydrogen) atoms. The Morgan fingerprint density at radius 3 is 2.68 bits per heavy atom. The van der Waals surface area contributed by atoms with Crippen molar-refractivity contribution in [3.63, 3.8) is 0 Å². The third-order valence-corrected chi connectivity index (χ3v) is 8.38. The predicted octanol–water partition coefficient (Wildman–Crippen LogP) is 3.08. The van der Waals surface area contributed by atoms with Crippen LogP contribution >= 0.6 is 0 Å². The number of sulfone groups is 1. The molecule has 2 aromatic carbocycles. The van der Waals surface area contributed by atoms with Gasteiger partial charge in [0.2, 0.25) is 0 Å². The van der Waals surface area contributed by atoms with E-state index in [2.05, 4.69) is 13.0 Å². The second kappa shape index (κ2) is 8.78. The van der Waals surface area contributed by atoms with Gasteiger partial charge in [-0.1, -0.05) is 48.9 Å². The second-order valence-electron chi connectivity index (χ2n) is 8.24. The molecule has 1 saturated heterocycles. The zero-order valence-electron chi connectivity index (χ0n) is 17.5. The van der Waals surface area contributed by atoms with Crippen LogP contribution in [0.15, 0.2) is 53.1 Å². The summed E-state index contributed by atoms with van der Waals surface area (Å²) >= 11 is 0. The summed E-state index contributed by atoms with van der Waals surface area (Å²) in [5.74, 6) is 0.0823. The van der Waals surface area contributed by atoms with E-state index in [1.54, 1.807) is 6.07 Å². The van der Waals surface area contributed by atoms with Crippen molar-refractivity contribution >= 4 is 33.8 Å². The van der Waals surface area contributed by atoms with E-state index in [1.165, 1.54) is 0 Å². The Balaban J connectivity index is 1.60. The smallest absolute Gasteiger partial charge is 0.456 e. The first-order valence-corrected chi connectivity index (χ1v) is 12.3. The van der Waals surface area contributed by atoms with Gasteiger partial charge in [-0.3, -0.25) is 0 Å². The Kier molecular flexibility index (Phi) is 6.26. The molecule has 2 aromatic rings. The van der Waals surface area contributed by atoms with Crippen molar-refractivity contribution in [3.05, 3.63) is 58.7 Å². The molecular weight excluding hydrogens is 415 g/mol. The summed E-state index contributed by atoms with van der Waals surface area (Å²) in [6, 6.07) is 11.3. The lowest BCUT2D eigenvalue weighted by Gasteiger charge is -2.32. The van der Waals surface area contributed by atoms with Crippen molar-refractivity contribution in [2.45, 2.75) is 43.9 Å². The molecule has 0 bridgehead atoms. The van der Waals surface area contributed by atoms with Gasteiger partial charge in [-0.25, -0.2) is 8.42 Å². The highest BCUT2D eigenvalue weighted by atomic mass is 32.2. The summed E-state index contributed by atoms with van der Waals surface area (Å²) in [5.41, 5.74) is 3.31. The average molecular weight is 442 g/mol. The normalized spacial score (nSPS) is 23.5. The molecule has 0 aliphatic carbocycles. The molecular formula is C23H27BO6S. The molecule has 6 nitrogen and oxygen atoms in total. The number of hydrogen-bond acceptors (Lipinski definition) is 6. The third-order valence-electron chi connectivity index (χ3n) is 6.32. The van der Waals surface area contributed by atoms with Crippen LogP contribution in [0.2, 0.25) is 6.32 Å². The summed E-state index contributed by atoms with van der Waals surface area (Å²) in [5, 5.41) is 30.9. The maximum atomic E-state index is 12.5. The highest BCUT2D eigenvalue weighted by Gasteiger charge is 2.48. The van der Waals surface area contributed by atoms with E-state index in [4.69, 9.17) is 4.65 Å². The van der Waals surface area contributed by atoms with Crippen LogP contribution in [0.4, 0.5) is 0 Å². The lowest BCUT2D eigenvalue weighted by Crippen LogP contribution is -2.42. The Hall–Kier alpha value is -2.13. The predicted molar refractivity (Wildman–Crippen MR) is 122 cm³/mol. The SMILES string of the molecule is CC/C(=C\c1ccc(O)c2ccccc12)CC[C@H]1OB(O)C[C@H]2C1=C(CO)CS2(=O)=O. The first-order chi connectivity index (χ1) is 14.8. The molecule has 8 heteroatoms. The summed E-state index contributed by atoms with van der Waals surface area (Å²) in [6.45, 7) is 1.75. The van der Waals surface area contributed by atoms with E-state index in [9.17, 15) is 23.7 Å². The molecule has 2 atom stereocenters. The zero-order valence-corrected chi connectivity index (χ0v) is 18.3. The van der Waals surface area contributed by atoms with Crippen LogP contribution in [-0.2, 0) is 14.5 Å². The number of aromatic hydroxyl groups is 1. The number of aliphatic hydroxyl groups excluding tert-OH is 1. The van der Waals surface area contributed by atoms with E-state index >= 15 is 0 Å². The lowest BCUT2D eigenvalue weighted by atomic mass is 9.74. The molecule has 1 fully saturated rings. The number of phenolic OH excluding ortho intramolecular Hbond substituents is 1. The lowest BCUT2D eigenvalue weighted by molar-refractivity contribution is 0.168. The van der Waals surface area contributed by atoms with E-state index in [1.807, 2.05) is 30.3 Å². The number of rotatable bonds is 6. The van der Waals surface area contributed by atoms with E-state index < -0.39 is 28.3 Å². The molecule has 0 radical (unpaired) electrons. The van der Waals surface area contributed by atoms with E-state index in [0.717, 1.165) is 28.3 Å². The van der Waals surface area contributed by atoms with Crippen molar-refractivity contribution in [2.24, 2.45) is 0 Å². The number of phenols is 1. The van der Waals surface area contributed by atoms with Gasteiger partial charge in [-0.05, 0) is 47.4 Å². The minimum atomic E-state index is -3.41. The van der Waals surface area contributed by atoms with Gasteiger partial charge in [0.15, 0.2) is 9.84 Å². The van der Waals surface area contributed by atoms with Gasteiger partial charge in [0, 0.05) is 11.7 Å². The third kappa shape index (κ3) is 4.30. The van der Waals surface area contributed by atoms with E-state index in [-0.39, 0.29) is 24.4 Å². The number of benzene rings is 2. The zero-order chi connectivity index (χ0) is 22.2. The molecule has 3 N–H and O–H groups in total. The van der Waals surface area contributed by atoms with Gasteiger partial charge in [-0.15, -0.1) is 0 Å². The monoisotopic (exact) mass is 442 g/mol. The van der Waals surface area contributed by atoms with Gasteiger partial charge in [0.05, 0.1) is 23.7 Å². The first-order valence-electron chi connectivity index (χ1n) is 10.6. The molecule has 0 amide bonds. The van der Waals surface area contributed by atoms with E-state index in [0.29, 0.717) is 24.0 Å². The molecule has 2 heterocycles. The van der Waals surface area contributed by atoms with Crippen molar-refractivity contribution in [1.82, 2.24) is 0 Å². The van der Waals surface area contributed by atoms with Crippen LogP contribution in [0.1, 0.15) is 31.7 Å². The fourth-order valence-corrected chi connectivity index (χ4v) is 6.85. The van der Waals surface area contributed by atoms with Crippen LogP contribution in [0, 0.1) is 0 Å². The van der Waals surface area contributed by atoms with Crippen molar-refractivity contribution in [2.75, 3.05) is 12.4 Å². The minimum Gasteiger partial charge on any atom is -0.507 e. The van der Waals surface area contributed by atoms with Crippen LogP contribution in [0.3, 0.4) is 0 Å². The van der Waals surface area contributed by atoms with Gasteiger partial charge in [0.1, 0.15) is 5.75 Å². The molecule has 0 saturated carbocycles. The summed E-state index contributed by atoms with van der Waals surface area (Å²) in [4.78, 5) is 0. The molecule has 2 aliphatic heterocycles. The average Bonchev–Trinajstić information content (AvgIpc) is 3.02. The summed E-state index contributed by atoms with van der Waals surface area (Å²) in [7, 11) is -4.53. The Labute approximate surface area is 182 Å². The van der Waals surface area contributed by atoms with Crippen LogP contribution in [0.25, 0.3) is 16.8 Å². The van der Waals surface area contributed by atoms with Crippen LogP contribution in [0.5, 0.6) is 5.75 Å². The fourth-order valence-electron chi connectivity index (χ4n) is 4.74. The van der Waals surface area contributed by atoms with Crippen molar-refractivity contribution in [1.29, 1.82) is 0 Å². The Morgan fingerprint density at radius 2 is 1.97 bits per heavy atom. The van der Waals surface area contributed by atoms with Crippen LogP contribution < -0.4 is 0 Å². The number of hydrogen-bond donors (Lipinski definition) is 3. The van der Waals surface area contributed by atoms with Crippen molar-refractivity contribution < 1.29 is 28.3 Å². The molecule has 0 aromatic heterocycles. The molecule has 2 aliphatic rings. The topological polar surface area (TPSA) is 104 Å². The maximum absolute atomic E-state index is 12.5. The van der Waals surface area contributed by atoms with Gasteiger partial charge in [-0.2, -0.15) is 0 Å². The van der Waals surface area contributed by atoms with Gasteiger partial charge in [0.25, 0.3) is 0 Å². The van der Waals surface area contributed by atoms with Gasteiger partial charge >= 0.3 is 7.12 Å².